The van der Waals surface area contributed by atoms with Gasteiger partial charge >= 0.3 is 5.97 Å². The summed E-state index contributed by atoms with van der Waals surface area (Å²) in [5.41, 5.74) is 1.88. The zero-order chi connectivity index (χ0) is 12.1. The Labute approximate surface area is 99.7 Å². The van der Waals surface area contributed by atoms with E-state index < -0.39 is 0 Å². The maximum absolute atomic E-state index is 11.2. The minimum Gasteiger partial charge on any atom is -0.463 e. The quantitative estimate of drug-likeness (QED) is 0.598. The Morgan fingerprint density at radius 1 is 1.35 bits per heavy atom. The predicted molar refractivity (Wildman–Crippen MR) is 67.4 cm³/mol. The van der Waals surface area contributed by atoms with Gasteiger partial charge in [0.25, 0.3) is 0 Å². The number of esters is 1. The fourth-order valence-corrected chi connectivity index (χ4v) is 1.61. The van der Waals surface area contributed by atoms with Gasteiger partial charge in [-0.1, -0.05) is 18.2 Å². The molecule has 0 N–H and O–H groups in total. The molecule has 3 heteroatoms. The van der Waals surface area contributed by atoms with E-state index >= 15 is 0 Å². The lowest BCUT2D eigenvalue weighted by atomic mass is 10.1. The van der Waals surface area contributed by atoms with Gasteiger partial charge in [-0.15, -0.1) is 0 Å². The van der Waals surface area contributed by atoms with Crippen molar-refractivity contribution in [2.45, 2.75) is 6.92 Å². The Bertz CT molecular complexity index is 556. The molecule has 0 spiro atoms. The van der Waals surface area contributed by atoms with Crippen molar-refractivity contribution in [3.8, 4) is 0 Å². The lowest BCUT2D eigenvalue weighted by molar-refractivity contribution is -0.137. The van der Waals surface area contributed by atoms with Crippen LogP contribution in [0, 0.1) is 0 Å². The predicted octanol–water partition coefficient (Wildman–Crippen LogP) is 2.81. The number of carbonyl (C=O) groups excluding carboxylic acids is 1. The van der Waals surface area contributed by atoms with E-state index in [0.29, 0.717) is 6.61 Å². The highest BCUT2D eigenvalue weighted by Crippen LogP contribution is 2.17. The molecule has 0 fully saturated rings. The first kappa shape index (κ1) is 11.3. The molecule has 1 aromatic heterocycles. The van der Waals surface area contributed by atoms with Crippen molar-refractivity contribution in [2.24, 2.45) is 0 Å². The summed E-state index contributed by atoms with van der Waals surface area (Å²) in [7, 11) is 0. The molecule has 1 heterocycles. The molecule has 0 aliphatic heterocycles. The Kier molecular flexibility index (Phi) is 3.50. The van der Waals surface area contributed by atoms with Crippen LogP contribution in [-0.2, 0) is 9.53 Å². The smallest absolute Gasteiger partial charge is 0.330 e. The minimum absolute atomic E-state index is 0.326. The first-order chi connectivity index (χ1) is 8.31. The van der Waals surface area contributed by atoms with E-state index in [2.05, 4.69) is 4.98 Å². The number of benzene rings is 1. The fourth-order valence-electron chi connectivity index (χ4n) is 1.61. The van der Waals surface area contributed by atoms with Crippen LogP contribution in [0.3, 0.4) is 0 Å². The number of aromatic nitrogens is 1. The number of hydrogen-bond acceptors (Lipinski definition) is 3. The van der Waals surface area contributed by atoms with Crippen molar-refractivity contribution in [1.82, 2.24) is 4.98 Å². The van der Waals surface area contributed by atoms with E-state index in [0.717, 1.165) is 16.5 Å². The van der Waals surface area contributed by atoms with Crippen molar-refractivity contribution in [3.63, 3.8) is 0 Å². The normalized spacial score (nSPS) is 10.9. The van der Waals surface area contributed by atoms with Gasteiger partial charge in [0.2, 0.25) is 0 Å². The molecule has 0 radical (unpaired) electrons. The van der Waals surface area contributed by atoms with Gasteiger partial charge in [0, 0.05) is 17.7 Å². The van der Waals surface area contributed by atoms with Gasteiger partial charge in [0.05, 0.1) is 12.1 Å². The van der Waals surface area contributed by atoms with Gasteiger partial charge in [-0.2, -0.15) is 0 Å². The van der Waals surface area contributed by atoms with Gasteiger partial charge in [-0.3, -0.25) is 4.98 Å². The lowest BCUT2D eigenvalue weighted by Gasteiger charge is -2.00. The highest BCUT2D eigenvalue weighted by atomic mass is 16.5. The molecule has 3 nitrogen and oxygen atoms in total. The second kappa shape index (κ2) is 5.25. The van der Waals surface area contributed by atoms with Crippen molar-refractivity contribution >= 4 is 22.9 Å². The first-order valence-electron chi connectivity index (χ1n) is 5.50. The highest BCUT2D eigenvalue weighted by molar-refractivity contribution is 5.93. The van der Waals surface area contributed by atoms with Crippen LogP contribution < -0.4 is 0 Å². The average molecular weight is 227 g/mol. The topological polar surface area (TPSA) is 39.2 Å². The van der Waals surface area contributed by atoms with E-state index in [-0.39, 0.29) is 5.97 Å². The maximum Gasteiger partial charge on any atom is 0.330 e. The Hall–Kier alpha value is -2.16. The van der Waals surface area contributed by atoms with Crippen LogP contribution in [0.2, 0.25) is 0 Å². The number of nitrogens with zero attached hydrogens (tertiary/aromatic N) is 1. The third kappa shape index (κ3) is 2.69. The number of carbonyl (C=O) groups is 1. The molecular weight excluding hydrogens is 214 g/mol. The fraction of sp³-hybridized carbons (Fsp3) is 0.143. The van der Waals surface area contributed by atoms with Crippen LogP contribution >= 0.6 is 0 Å². The molecule has 86 valence electrons. The van der Waals surface area contributed by atoms with Crippen molar-refractivity contribution in [1.29, 1.82) is 0 Å². The summed E-state index contributed by atoms with van der Waals surface area (Å²) >= 11 is 0. The molecule has 0 saturated carbocycles. The number of para-hydroxylation sites is 1. The van der Waals surface area contributed by atoms with Crippen LogP contribution in [-0.4, -0.2) is 17.6 Å². The molecule has 0 bridgehead atoms. The Morgan fingerprint density at radius 2 is 2.18 bits per heavy atom. The molecule has 1 aromatic carbocycles. The molecule has 2 aromatic rings. The summed E-state index contributed by atoms with van der Waals surface area (Å²) in [6.07, 6.45) is 4.92. The highest BCUT2D eigenvalue weighted by Gasteiger charge is 1.99. The summed E-state index contributed by atoms with van der Waals surface area (Å²) in [4.78, 5) is 15.5. The number of fused-ring (bicyclic) bond motifs is 1. The van der Waals surface area contributed by atoms with Gasteiger partial charge in [0.15, 0.2) is 0 Å². The largest absolute Gasteiger partial charge is 0.463 e. The zero-order valence-electron chi connectivity index (χ0n) is 9.59. The Morgan fingerprint density at radius 3 is 3.00 bits per heavy atom. The van der Waals surface area contributed by atoms with E-state index in [1.807, 2.05) is 30.3 Å². The van der Waals surface area contributed by atoms with Crippen molar-refractivity contribution < 1.29 is 9.53 Å². The van der Waals surface area contributed by atoms with E-state index in [1.165, 1.54) is 6.08 Å². The van der Waals surface area contributed by atoms with Crippen LogP contribution in [0.1, 0.15) is 12.5 Å². The molecular formula is C14H13NO2. The van der Waals surface area contributed by atoms with Gasteiger partial charge < -0.3 is 4.74 Å². The number of hydrogen-bond donors (Lipinski definition) is 0. The van der Waals surface area contributed by atoms with Gasteiger partial charge in [-0.25, -0.2) is 4.79 Å². The van der Waals surface area contributed by atoms with Crippen molar-refractivity contribution in [2.75, 3.05) is 6.61 Å². The van der Waals surface area contributed by atoms with Crippen LogP contribution in [0.5, 0.6) is 0 Å². The summed E-state index contributed by atoms with van der Waals surface area (Å²) in [5, 5.41) is 1.02. The van der Waals surface area contributed by atoms with Gasteiger partial charge in [-0.05, 0) is 30.7 Å². The minimum atomic E-state index is -0.326. The second-order valence-electron chi connectivity index (χ2n) is 3.50. The standard InChI is InChI=1S/C14H13NO2/c1-2-17-14(16)8-7-11-9-10-15-13-6-4-3-5-12(11)13/h3-10H,2H2,1H3/b8-7-. The third-order valence-corrected chi connectivity index (χ3v) is 2.37. The summed E-state index contributed by atoms with van der Waals surface area (Å²) in [6, 6.07) is 9.68. The van der Waals surface area contributed by atoms with Gasteiger partial charge in [0.1, 0.15) is 0 Å². The second-order valence-corrected chi connectivity index (χ2v) is 3.50. The molecule has 0 amide bonds. The third-order valence-electron chi connectivity index (χ3n) is 2.37. The average Bonchev–Trinajstić information content (AvgIpc) is 2.36. The molecule has 17 heavy (non-hydrogen) atoms. The molecule has 0 atom stereocenters. The summed E-state index contributed by atoms with van der Waals surface area (Å²) < 4.78 is 4.83. The zero-order valence-corrected chi connectivity index (χ0v) is 9.59. The number of pyridine rings is 1. The van der Waals surface area contributed by atoms with Crippen molar-refractivity contribution in [3.05, 3.63) is 48.2 Å². The first-order valence-corrected chi connectivity index (χ1v) is 5.50. The van der Waals surface area contributed by atoms with Crippen LogP contribution in [0.4, 0.5) is 0 Å². The lowest BCUT2D eigenvalue weighted by Crippen LogP contribution is -1.98. The monoisotopic (exact) mass is 227 g/mol. The van der Waals surface area contributed by atoms with E-state index in [9.17, 15) is 4.79 Å². The molecule has 0 aliphatic rings. The van der Waals surface area contributed by atoms with Crippen LogP contribution in [0.25, 0.3) is 17.0 Å². The SMILES string of the molecule is CCOC(=O)/C=C\c1ccnc2ccccc12. The summed E-state index contributed by atoms with van der Waals surface area (Å²) in [6.45, 7) is 2.17. The van der Waals surface area contributed by atoms with E-state index in [1.54, 1.807) is 19.2 Å². The summed E-state index contributed by atoms with van der Waals surface area (Å²) in [5.74, 6) is -0.326. The van der Waals surface area contributed by atoms with Crippen LogP contribution in [0.15, 0.2) is 42.6 Å². The van der Waals surface area contributed by atoms with E-state index in [4.69, 9.17) is 4.74 Å². The molecule has 0 saturated heterocycles. The molecule has 2 rings (SSSR count). The number of rotatable bonds is 3. The maximum atomic E-state index is 11.2. The molecule has 0 unspecified atom stereocenters. The molecule has 0 aliphatic carbocycles. The Balaban J connectivity index is 2.33. The number of ether oxygens (including phenoxy) is 1.